The largest absolute Gasteiger partial charge is 0.378 e. The van der Waals surface area contributed by atoms with Gasteiger partial charge in [-0.05, 0) is 12.1 Å². The van der Waals surface area contributed by atoms with Gasteiger partial charge in [0.1, 0.15) is 5.02 Å². The Morgan fingerprint density at radius 2 is 1.96 bits per heavy atom. The predicted molar refractivity (Wildman–Crippen MR) is 92.0 cm³/mol. The lowest BCUT2D eigenvalue weighted by atomic mass is 10.3. The highest BCUT2D eigenvalue weighted by Gasteiger charge is 2.12. The predicted octanol–water partition coefficient (Wildman–Crippen LogP) is 2.14. The number of nitro groups is 1. The number of benzene rings is 1. The molecule has 2 heterocycles. The first-order chi connectivity index (χ1) is 12.0. The topological polar surface area (TPSA) is 108 Å². The number of aryl methyl sites for hydroxylation is 1. The van der Waals surface area contributed by atoms with Crippen LogP contribution >= 0.6 is 11.6 Å². The summed E-state index contributed by atoms with van der Waals surface area (Å²) >= 11 is 6.14. The summed E-state index contributed by atoms with van der Waals surface area (Å²) in [5, 5.41) is 21.8. The van der Waals surface area contributed by atoms with Crippen molar-refractivity contribution in [2.75, 3.05) is 5.32 Å². The van der Waals surface area contributed by atoms with Crippen LogP contribution in [-0.4, -0.2) is 24.5 Å². The number of hydrogen-bond donors (Lipinski definition) is 1. The van der Waals surface area contributed by atoms with Crippen molar-refractivity contribution in [1.29, 1.82) is 0 Å². The third-order valence-corrected chi connectivity index (χ3v) is 3.83. The molecule has 128 valence electrons. The summed E-state index contributed by atoms with van der Waals surface area (Å²) in [6.45, 7) is 0.441. The lowest BCUT2D eigenvalue weighted by molar-refractivity contribution is -0.384. The lowest BCUT2D eigenvalue weighted by Gasteiger charge is -2.09. The standard InChI is InChI=1S/C15H13ClN6O3/c1-20-9-10(7-18-20)6-17-13-8-19-21(15(23)14(13)16)11-2-4-12(5-3-11)22(24)25/h2-5,7-9,17H,6H2,1H3. The van der Waals surface area contributed by atoms with E-state index in [0.29, 0.717) is 17.9 Å². The smallest absolute Gasteiger partial charge is 0.292 e. The van der Waals surface area contributed by atoms with Crippen LogP contribution in [0.25, 0.3) is 5.69 Å². The van der Waals surface area contributed by atoms with E-state index < -0.39 is 10.5 Å². The van der Waals surface area contributed by atoms with E-state index >= 15 is 0 Å². The van der Waals surface area contributed by atoms with Gasteiger partial charge in [-0.25, -0.2) is 0 Å². The van der Waals surface area contributed by atoms with Crippen molar-refractivity contribution in [1.82, 2.24) is 19.6 Å². The van der Waals surface area contributed by atoms with Crippen molar-refractivity contribution in [3.05, 3.63) is 73.9 Å². The molecular weight excluding hydrogens is 348 g/mol. The molecule has 2 aromatic heterocycles. The van der Waals surface area contributed by atoms with Crippen LogP contribution in [0.5, 0.6) is 0 Å². The Morgan fingerprint density at radius 1 is 1.24 bits per heavy atom. The van der Waals surface area contributed by atoms with E-state index in [4.69, 9.17) is 11.6 Å². The van der Waals surface area contributed by atoms with Gasteiger partial charge < -0.3 is 5.32 Å². The highest BCUT2D eigenvalue weighted by molar-refractivity contribution is 6.32. The second-order valence-electron chi connectivity index (χ2n) is 5.24. The first kappa shape index (κ1) is 16.7. The Hall–Kier alpha value is -3.20. The molecule has 0 fully saturated rings. The number of nitrogens with zero attached hydrogens (tertiary/aromatic N) is 5. The molecule has 0 aliphatic carbocycles. The molecule has 0 radical (unpaired) electrons. The number of aromatic nitrogens is 4. The molecule has 10 heteroatoms. The average Bonchev–Trinajstić information content (AvgIpc) is 3.02. The van der Waals surface area contributed by atoms with Gasteiger partial charge >= 0.3 is 0 Å². The lowest BCUT2D eigenvalue weighted by Crippen LogP contribution is -2.22. The van der Waals surface area contributed by atoms with Crippen molar-refractivity contribution < 1.29 is 4.92 Å². The van der Waals surface area contributed by atoms with Crippen molar-refractivity contribution in [3.63, 3.8) is 0 Å². The third-order valence-electron chi connectivity index (χ3n) is 3.47. The highest BCUT2D eigenvalue weighted by Crippen LogP contribution is 2.19. The molecule has 3 aromatic rings. The minimum Gasteiger partial charge on any atom is -0.378 e. The van der Waals surface area contributed by atoms with Crippen LogP contribution in [0.15, 0.2) is 47.7 Å². The fraction of sp³-hybridized carbons (Fsp3) is 0.133. The van der Waals surface area contributed by atoms with E-state index in [0.717, 1.165) is 10.2 Å². The average molecular weight is 361 g/mol. The minimum absolute atomic E-state index is 0.0164. The van der Waals surface area contributed by atoms with E-state index in [-0.39, 0.29) is 10.7 Å². The molecule has 0 aliphatic rings. The Kier molecular flexibility index (Phi) is 4.48. The zero-order valence-electron chi connectivity index (χ0n) is 13.1. The summed E-state index contributed by atoms with van der Waals surface area (Å²) in [7, 11) is 1.81. The quantitative estimate of drug-likeness (QED) is 0.551. The second-order valence-corrected chi connectivity index (χ2v) is 5.62. The van der Waals surface area contributed by atoms with E-state index in [9.17, 15) is 14.9 Å². The summed E-state index contributed by atoms with van der Waals surface area (Å²) < 4.78 is 2.75. The number of anilines is 1. The molecule has 0 amide bonds. The second kappa shape index (κ2) is 6.73. The van der Waals surface area contributed by atoms with Gasteiger partial charge in [0.05, 0.1) is 28.7 Å². The van der Waals surface area contributed by atoms with Crippen LogP contribution in [0, 0.1) is 10.1 Å². The summed E-state index contributed by atoms with van der Waals surface area (Å²) in [6.07, 6.45) is 4.97. The van der Waals surface area contributed by atoms with Gasteiger partial charge in [-0.1, -0.05) is 11.6 Å². The molecule has 0 spiro atoms. The molecule has 9 nitrogen and oxygen atoms in total. The van der Waals surface area contributed by atoms with Gasteiger partial charge in [0.2, 0.25) is 0 Å². The zero-order valence-corrected chi connectivity index (χ0v) is 13.8. The molecule has 0 unspecified atom stereocenters. The number of nitro benzene ring substituents is 1. The first-order valence-electron chi connectivity index (χ1n) is 7.20. The number of halogens is 1. The summed E-state index contributed by atoms with van der Waals surface area (Å²) in [5.74, 6) is 0. The van der Waals surface area contributed by atoms with Gasteiger partial charge in [0.25, 0.3) is 11.2 Å². The molecule has 3 rings (SSSR count). The molecule has 25 heavy (non-hydrogen) atoms. The SMILES string of the molecule is Cn1cc(CNc2cnn(-c3ccc([N+](=O)[O-])cc3)c(=O)c2Cl)cn1. The Bertz CT molecular complexity index is 980. The van der Waals surface area contributed by atoms with E-state index in [1.165, 1.54) is 30.5 Å². The number of hydrogen-bond acceptors (Lipinski definition) is 6. The van der Waals surface area contributed by atoms with Gasteiger partial charge in [0.15, 0.2) is 0 Å². The van der Waals surface area contributed by atoms with Crippen molar-refractivity contribution in [2.45, 2.75) is 6.54 Å². The molecular formula is C15H13ClN6O3. The molecule has 0 bridgehead atoms. The molecule has 0 atom stereocenters. The maximum absolute atomic E-state index is 12.4. The molecule has 1 aromatic carbocycles. The van der Waals surface area contributed by atoms with Crippen LogP contribution < -0.4 is 10.9 Å². The fourth-order valence-corrected chi connectivity index (χ4v) is 2.41. The Balaban J connectivity index is 1.84. The summed E-state index contributed by atoms with van der Waals surface area (Å²) in [6, 6.07) is 5.47. The van der Waals surface area contributed by atoms with Crippen molar-refractivity contribution >= 4 is 23.0 Å². The first-order valence-corrected chi connectivity index (χ1v) is 7.57. The maximum Gasteiger partial charge on any atom is 0.292 e. The van der Waals surface area contributed by atoms with E-state index in [1.807, 2.05) is 13.2 Å². The van der Waals surface area contributed by atoms with E-state index in [2.05, 4.69) is 15.5 Å². The normalized spacial score (nSPS) is 10.6. The molecule has 0 saturated carbocycles. The van der Waals surface area contributed by atoms with Crippen LogP contribution in [0.2, 0.25) is 5.02 Å². The summed E-state index contributed by atoms with van der Waals surface area (Å²) in [5.41, 5.74) is 1.12. The monoisotopic (exact) mass is 360 g/mol. The van der Waals surface area contributed by atoms with Gasteiger partial charge in [0, 0.05) is 37.5 Å². The highest BCUT2D eigenvalue weighted by atomic mass is 35.5. The molecule has 0 aliphatic heterocycles. The van der Waals surface area contributed by atoms with Crippen LogP contribution in [0.3, 0.4) is 0 Å². The Labute approximate surface area is 146 Å². The van der Waals surface area contributed by atoms with Gasteiger partial charge in [-0.3, -0.25) is 19.6 Å². The number of rotatable bonds is 5. The van der Waals surface area contributed by atoms with Crippen molar-refractivity contribution in [3.8, 4) is 5.69 Å². The van der Waals surface area contributed by atoms with Crippen molar-refractivity contribution in [2.24, 2.45) is 7.05 Å². The Morgan fingerprint density at radius 3 is 2.56 bits per heavy atom. The van der Waals surface area contributed by atoms with E-state index in [1.54, 1.807) is 10.9 Å². The van der Waals surface area contributed by atoms with Crippen LogP contribution in [-0.2, 0) is 13.6 Å². The van der Waals surface area contributed by atoms with Crippen LogP contribution in [0.4, 0.5) is 11.4 Å². The number of nitrogens with one attached hydrogen (secondary N) is 1. The van der Waals surface area contributed by atoms with Gasteiger partial charge in [-0.2, -0.15) is 14.9 Å². The minimum atomic E-state index is -0.522. The molecule has 1 N–H and O–H groups in total. The number of non-ortho nitro benzene ring substituents is 1. The van der Waals surface area contributed by atoms with Crippen LogP contribution in [0.1, 0.15) is 5.56 Å². The summed E-state index contributed by atoms with van der Waals surface area (Å²) in [4.78, 5) is 22.6. The van der Waals surface area contributed by atoms with Gasteiger partial charge in [-0.15, -0.1) is 0 Å². The zero-order chi connectivity index (χ0) is 18.0. The molecule has 0 saturated heterocycles. The fourth-order valence-electron chi connectivity index (χ4n) is 2.22. The third kappa shape index (κ3) is 3.50. The maximum atomic E-state index is 12.4.